The van der Waals surface area contributed by atoms with Crippen molar-refractivity contribution in [2.75, 3.05) is 0 Å². The average Bonchev–Trinajstić information content (AvgIpc) is 3.36. The van der Waals surface area contributed by atoms with E-state index < -0.39 is 22.2 Å². The predicted octanol–water partition coefficient (Wildman–Crippen LogP) is 6.13. The first-order valence-corrected chi connectivity index (χ1v) is 10.8. The summed E-state index contributed by atoms with van der Waals surface area (Å²) in [5.41, 5.74) is -1.07. The van der Waals surface area contributed by atoms with Gasteiger partial charge in [-0.15, -0.1) is 0 Å². The van der Waals surface area contributed by atoms with Crippen LogP contribution >= 0.6 is 0 Å². The second-order valence-electron chi connectivity index (χ2n) is 7.87. The highest BCUT2D eigenvalue weighted by atomic mass is 19.4. The molecule has 2 heterocycles. The van der Waals surface area contributed by atoms with Crippen molar-refractivity contribution < 1.29 is 22.5 Å². The van der Waals surface area contributed by atoms with E-state index in [0.29, 0.717) is 5.52 Å². The highest BCUT2D eigenvalue weighted by molar-refractivity contribution is 5.81. The SMILES string of the molecule is O=c1c2ccccc2nc(-c2cccc(C(F)(F)F)c2)n1N=Cc1ccc(-c2ccccc2[N+](=O)[O-])o1. The number of halogens is 3. The first kappa shape index (κ1) is 23.7. The van der Waals surface area contributed by atoms with Crippen LogP contribution in [-0.2, 0) is 6.18 Å². The molecule has 0 aliphatic carbocycles. The van der Waals surface area contributed by atoms with Crippen molar-refractivity contribution >= 4 is 22.8 Å². The highest BCUT2D eigenvalue weighted by Crippen LogP contribution is 2.32. The molecular formula is C26H15F3N4O4. The summed E-state index contributed by atoms with van der Waals surface area (Å²) in [5.74, 6) is 0.260. The van der Waals surface area contributed by atoms with Gasteiger partial charge in [-0.2, -0.15) is 22.9 Å². The number of alkyl halides is 3. The number of hydrogen-bond donors (Lipinski definition) is 0. The van der Waals surface area contributed by atoms with E-state index in [1.165, 1.54) is 54.7 Å². The van der Waals surface area contributed by atoms with Gasteiger partial charge in [-0.1, -0.05) is 36.4 Å². The van der Waals surface area contributed by atoms with Gasteiger partial charge in [-0.3, -0.25) is 14.9 Å². The van der Waals surface area contributed by atoms with Crippen LogP contribution in [0.25, 0.3) is 33.6 Å². The molecule has 0 radical (unpaired) electrons. The quantitative estimate of drug-likeness (QED) is 0.163. The topological polar surface area (TPSA) is 104 Å². The second kappa shape index (κ2) is 9.19. The Morgan fingerprint density at radius 3 is 2.51 bits per heavy atom. The molecule has 0 fully saturated rings. The van der Waals surface area contributed by atoms with Crippen LogP contribution in [0.4, 0.5) is 18.9 Å². The fourth-order valence-electron chi connectivity index (χ4n) is 3.78. The van der Waals surface area contributed by atoms with Crippen LogP contribution < -0.4 is 5.56 Å². The lowest BCUT2D eigenvalue weighted by molar-refractivity contribution is -0.384. The van der Waals surface area contributed by atoms with E-state index in [4.69, 9.17) is 4.42 Å². The Bertz CT molecular complexity index is 1740. The minimum absolute atomic E-state index is 0.0369. The zero-order valence-corrected chi connectivity index (χ0v) is 18.7. The van der Waals surface area contributed by atoms with Crippen LogP contribution in [0.15, 0.2) is 99.2 Å². The number of nitrogens with zero attached hydrogens (tertiary/aromatic N) is 4. The molecule has 0 N–H and O–H groups in total. The van der Waals surface area contributed by atoms with Gasteiger partial charge < -0.3 is 4.42 Å². The molecule has 0 saturated heterocycles. The summed E-state index contributed by atoms with van der Waals surface area (Å²) in [4.78, 5) is 28.5. The van der Waals surface area contributed by atoms with Gasteiger partial charge in [0, 0.05) is 11.6 Å². The van der Waals surface area contributed by atoms with E-state index in [1.54, 1.807) is 24.3 Å². The summed E-state index contributed by atoms with van der Waals surface area (Å²) in [5, 5.41) is 15.7. The molecule has 11 heteroatoms. The molecule has 0 atom stereocenters. The Balaban J connectivity index is 1.62. The van der Waals surface area contributed by atoms with Gasteiger partial charge in [0.2, 0.25) is 0 Å². The molecule has 0 aliphatic heterocycles. The first-order chi connectivity index (χ1) is 17.7. The van der Waals surface area contributed by atoms with Crippen LogP contribution in [0.5, 0.6) is 0 Å². The first-order valence-electron chi connectivity index (χ1n) is 10.8. The molecule has 0 aliphatic rings. The molecule has 0 saturated carbocycles. The van der Waals surface area contributed by atoms with E-state index in [9.17, 15) is 28.1 Å². The molecule has 8 nitrogen and oxygen atoms in total. The standard InChI is InChI=1S/C26H15F3N4O4/c27-26(28,29)17-7-5-6-16(14-17)24-31-21-10-3-1-8-19(21)25(34)32(24)30-15-18-12-13-23(37-18)20-9-2-4-11-22(20)33(35)36/h1-15H. The Morgan fingerprint density at radius 1 is 0.973 bits per heavy atom. The monoisotopic (exact) mass is 504 g/mol. The second-order valence-corrected chi connectivity index (χ2v) is 7.87. The number of benzene rings is 3. The smallest absolute Gasteiger partial charge is 0.416 e. The Labute approximate surface area is 206 Å². The van der Waals surface area contributed by atoms with Gasteiger partial charge in [-0.25, -0.2) is 4.98 Å². The molecule has 3 aromatic carbocycles. The molecule has 184 valence electrons. The fourth-order valence-corrected chi connectivity index (χ4v) is 3.78. The molecule has 37 heavy (non-hydrogen) atoms. The maximum absolute atomic E-state index is 13.3. The lowest BCUT2D eigenvalue weighted by Gasteiger charge is -2.11. The van der Waals surface area contributed by atoms with Crippen LogP contribution in [0.1, 0.15) is 11.3 Å². The molecule has 0 spiro atoms. The number of furan rings is 1. The Hall–Kier alpha value is -5.06. The summed E-state index contributed by atoms with van der Waals surface area (Å²) in [6.07, 6.45) is -3.40. The minimum atomic E-state index is -4.59. The third kappa shape index (κ3) is 4.61. The Kier molecular flexibility index (Phi) is 5.88. The Morgan fingerprint density at radius 2 is 1.73 bits per heavy atom. The molecule has 0 unspecified atom stereocenters. The van der Waals surface area contributed by atoms with E-state index >= 15 is 0 Å². The van der Waals surface area contributed by atoms with Crippen molar-refractivity contribution in [1.82, 2.24) is 9.66 Å². The number of para-hydroxylation sites is 2. The summed E-state index contributed by atoms with van der Waals surface area (Å²) in [6, 6.07) is 19.9. The van der Waals surface area contributed by atoms with E-state index in [2.05, 4.69) is 10.1 Å². The number of nitro benzene ring substituents is 1. The molecule has 5 aromatic rings. The van der Waals surface area contributed by atoms with Crippen LogP contribution in [-0.4, -0.2) is 20.8 Å². The molecule has 0 amide bonds. The zero-order valence-electron chi connectivity index (χ0n) is 18.7. The van der Waals surface area contributed by atoms with Crippen molar-refractivity contribution in [2.45, 2.75) is 6.18 Å². The van der Waals surface area contributed by atoms with E-state index in [-0.39, 0.29) is 39.5 Å². The van der Waals surface area contributed by atoms with Crippen LogP contribution in [0, 0.1) is 10.1 Å². The van der Waals surface area contributed by atoms with Gasteiger partial charge in [0.1, 0.15) is 11.5 Å². The van der Waals surface area contributed by atoms with Gasteiger partial charge >= 0.3 is 6.18 Å². The third-order valence-electron chi connectivity index (χ3n) is 5.50. The lowest BCUT2D eigenvalue weighted by Crippen LogP contribution is -2.20. The molecule has 2 aromatic heterocycles. The van der Waals surface area contributed by atoms with Crippen molar-refractivity contribution in [3.05, 3.63) is 117 Å². The maximum atomic E-state index is 13.3. The van der Waals surface area contributed by atoms with Crippen molar-refractivity contribution in [3.8, 4) is 22.7 Å². The minimum Gasteiger partial charge on any atom is -0.455 e. The number of hydrogen-bond acceptors (Lipinski definition) is 6. The number of nitro groups is 1. The molecule has 5 rings (SSSR count). The van der Waals surface area contributed by atoms with Crippen molar-refractivity contribution in [1.29, 1.82) is 0 Å². The van der Waals surface area contributed by atoms with Crippen molar-refractivity contribution in [2.24, 2.45) is 5.10 Å². The average molecular weight is 504 g/mol. The number of fused-ring (bicyclic) bond motifs is 1. The normalized spacial score (nSPS) is 11.9. The lowest BCUT2D eigenvalue weighted by atomic mass is 10.1. The largest absolute Gasteiger partial charge is 0.455 e. The fraction of sp³-hybridized carbons (Fsp3) is 0.0385. The van der Waals surface area contributed by atoms with Crippen molar-refractivity contribution in [3.63, 3.8) is 0 Å². The van der Waals surface area contributed by atoms with Gasteiger partial charge in [0.25, 0.3) is 11.2 Å². The predicted molar refractivity (Wildman–Crippen MR) is 130 cm³/mol. The van der Waals surface area contributed by atoms with Crippen LogP contribution in [0.2, 0.25) is 0 Å². The zero-order chi connectivity index (χ0) is 26.2. The highest BCUT2D eigenvalue weighted by Gasteiger charge is 2.31. The summed E-state index contributed by atoms with van der Waals surface area (Å²) in [6.45, 7) is 0. The van der Waals surface area contributed by atoms with Gasteiger partial charge in [0.05, 0.1) is 33.2 Å². The molecular weight excluding hydrogens is 489 g/mol. The number of aromatic nitrogens is 2. The summed E-state index contributed by atoms with van der Waals surface area (Å²) in [7, 11) is 0. The van der Waals surface area contributed by atoms with E-state index in [0.717, 1.165) is 16.8 Å². The van der Waals surface area contributed by atoms with Crippen LogP contribution in [0.3, 0.4) is 0 Å². The summed E-state index contributed by atoms with van der Waals surface area (Å²) < 4.78 is 46.6. The number of rotatable bonds is 5. The van der Waals surface area contributed by atoms with E-state index in [1.807, 2.05) is 0 Å². The van der Waals surface area contributed by atoms with Gasteiger partial charge in [0.15, 0.2) is 5.82 Å². The third-order valence-corrected chi connectivity index (χ3v) is 5.50. The molecule has 0 bridgehead atoms. The van der Waals surface area contributed by atoms with Gasteiger partial charge in [-0.05, 0) is 42.5 Å². The maximum Gasteiger partial charge on any atom is 0.416 e. The summed E-state index contributed by atoms with van der Waals surface area (Å²) >= 11 is 0.